The standard InChI is InChI=1S/C75H130O6/c1-4-7-10-13-16-19-21-23-25-27-29-31-33-35-37-39-41-43-45-47-49-51-53-56-59-62-65-68-74(77)80-71-72(70-79-73(76)67-64-61-58-55-18-15-12-9-6-3)81-75(78)69-66-63-60-57-54-52-50-48-46-44-42-40-38-36-34-32-30-28-26-24-22-20-17-14-11-8-5-2/h7,10,16,19,22-25,28-31,35,37,41,43,72H,4-6,8-9,11-15,17-18,20-21,26-27,32-34,36,38-40,42,44-71H2,1-3H3/b10-7-,19-16-,24-22-,25-23-,30-28-,31-29-,37-35-,43-41-. The van der Waals surface area contributed by atoms with E-state index in [-0.39, 0.29) is 31.1 Å². The van der Waals surface area contributed by atoms with Crippen LogP contribution in [0.2, 0.25) is 0 Å². The molecule has 0 radical (unpaired) electrons. The number of hydrogen-bond donors (Lipinski definition) is 0. The van der Waals surface area contributed by atoms with Gasteiger partial charge in [-0.05, 0) is 103 Å². The highest BCUT2D eigenvalue weighted by atomic mass is 16.6. The molecule has 0 aliphatic rings. The molecular weight excluding hydrogens is 997 g/mol. The van der Waals surface area contributed by atoms with Crippen LogP contribution in [0, 0.1) is 0 Å². The maximum atomic E-state index is 12.9. The van der Waals surface area contributed by atoms with Crippen molar-refractivity contribution in [3.05, 3.63) is 97.2 Å². The molecule has 81 heavy (non-hydrogen) atoms. The molecule has 1 unspecified atom stereocenters. The van der Waals surface area contributed by atoms with Gasteiger partial charge in [0.05, 0.1) is 0 Å². The Kier molecular flexibility index (Phi) is 65.7. The lowest BCUT2D eigenvalue weighted by Gasteiger charge is -2.18. The predicted molar refractivity (Wildman–Crippen MR) is 353 cm³/mol. The van der Waals surface area contributed by atoms with E-state index in [0.29, 0.717) is 19.3 Å². The van der Waals surface area contributed by atoms with Gasteiger partial charge in [-0.2, -0.15) is 0 Å². The van der Waals surface area contributed by atoms with Gasteiger partial charge >= 0.3 is 17.9 Å². The molecule has 6 nitrogen and oxygen atoms in total. The van der Waals surface area contributed by atoms with Gasteiger partial charge in [0, 0.05) is 19.3 Å². The van der Waals surface area contributed by atoms with Gasteiger partial charge in [0.2, 0.25) is 0 Å². The van der Waals surface area contributed by atoms with Crippen molar-refractivity contribution < 1.29 is 28.6 Å². The quantitative estimate of drug-likeness (QED) is 0.0261. The van der Waals surface area contributed by atoms with Crippen molar-refractivity contribution in [3.63, 3.8) is 0 Å². The molecule has 0 aliphatic carbocycles. The minimum atomic E-state index is -0.780. The average molecular weight is 1130 g/mol. The summed E-state index contributed by atoms with van der Waals surface area (Å²) in [5, 5.41) is 0. The van der Waals surface area contributed by atoms with Crippen LogP contribution in [0.25, 0.3) is 0 Å². The maximum Gasteiger partial charge on any atom is 0.306 e. The predicted octanol–water partition coefficient (Wildman–Crippen LogP) is 24.0. The summed E-state index contributed by atoms with van der Waals surface area (Å²) in [7, 11) is 0. The first-order chi connectivity index (χ1) is 40.0. The van der Waals surface area contributed by atoms with Crippen LogP contribution >= 0.6 is 0 Å². The molecule has 0 rings (SSSR count). The van der Waals surface area contributed by atoms with Crippen molar-refractivity contribution in [3.8, 4) is 0 Å². The molecule has 6 heteroatoms. The summed E-state index contributed by atoms with van der Waals surface area (Å²) in [4.78, 5) is 38.3. The fourth-order valence-corrected chi connectivity index (χ4v) is 9.89. The Morgan fingerprint density at radius 2 is 0.481 bits per heavy atom. The zero-order valence-electron chi connectivity index (χ0n) is 53.5. The lowest BCUT2D eigenvalue weighted by atomic mass is 10.0. The van der Waals surface area contributed by atoms with Crippen LogP contribution in [0.4, 0.5) is 0 Å². The number of unbranched alkanes of at least 4 members (excludes halogenated alkanes) is 36. The Bertz CT molecular complexity index is 1580. The fourth-order valence-electron chi connectivity index (χ4n) is 9.89. The number of allylic oxidation sites excluding steroid dienone is 16. The minimum absolute atomic E-state index is 0.0767. The van der Waals surface area contributed by atoms with Gasteiger partial charge in [0.1, 0.15) is 13.2 Å². The van der Waals surface area contributed by atoms with E-state index in [4.69, 9.17) is 14.2 Å². The second-order valence-corrected chi connectivity index (χ2v) is 23.1. The molecule has 0 saturated heterocycles. The summed E-state index contributed by atoms with van der Waals surface area (Å²) >= 11 is 0. The third kappa shape index (κ3) is 67.0. The van der Waals surface area contributed by atoms with E-state index in [9.17, 15) is 14.4 Å². The lowest BCUT2D eigenvalue weighted by molar-refractivity contribution is -0.167. The Morgan fingerprint density at radius 1 is 0.259 bits per heavy atom. The molecule has 1 atom stereocenters. The van der Waals surface area contributed by atoms with Gasteiger partial charge < -0.3 is 14.2 Å². The molecule has 0 aromatic carbocycles. The minimum Gasteiger partial charge on any atom is -0.462 e. The molecular formula is C75H130O6. The monoisotopic (exact) mass is 1130 g/mol. The van der Waals surface area contributed by atoms with Gasteiger partial charge in [-0.25, -0.2) is 0 Å². The molecule has 0 aromatic rings. The zero-order chi connectivity index (χ0) is 58.5. The third-order valence-corrected chi connectivity index (χ3v) is 15.1. The first kappa shape index (κ1) is 77.3. The summed E-state index contributed by atoms with van der Waals surface area (Å²) < 4.78 is 16.9. The molecule has 466 valence electrons. The van der Waals surface area contributed by atoms with Gasteiger partial charge in [-0.1, -0.05) is 317 Å². The number of ether oxygens (including phenoxy) is 3. The van der Waals surface area contributed by atoms with Crippen LogP contribution in [-0.2, 0) is 28.6 Å². The SMILES string of the molecule is CC/C=C\C/C=C\C/C=C\C/C=C\C/C=C\C/C=C\CCCCCCCCCCC(=O)OCC(COC(=O)CCCCCCCCCCC)OC(=O)CCCCCCCCCCCCCCCCC/C=C\C/C=C\CCCCCCC. The van der Waals surface area contributed by atoms with Gasteiger partial charge in [0.25, 0.3) is 0 Å². The van der Waals surface area contributed by atoms with E-state index in [0.717, 1.165) is 109 Å². The maximum absolute atomic E-state index is 12.9. The van der Waals surface area contributed by atoms with Crippen molar-refractivity contribution >= 4 is 17.9 Å². The van der Waals surface area contributed by atoms with Crippen LogP contribution in [0.1, 0.15) is 342 Å². The molecule has 0 fully saturated rings. The van der Waals surface area contributed by atoms with E-state index in [1.165, 1.54) is 193 Å². The summed E-state index contributed by atoms with van der Waals surface area (Å²) in [6, 6.07) is 0. The average Bonchev–Trinajstić information content (AvgIpc) is 3.47. The number of rotatable bonds is 63. The van der Waals surface area contributed by atoms with E-state index in [2.05, 4.69) is 118 Å². The molecule has 0 spiro atoms. The molecule has 0 bridgehead atoms. The molecule has 0 amide bonds. The Balaban J connectivity index is 4.19. The fraction of sp³-hybridized carbons (Fsp3) is 0.747. The summed E-state index contributed by atoms with van der Waals surface area (Å²) in [6.45, 7) is 6.52. The summed E-state index contributed by atoms with van der Waals surface area (Å²) in [5.74, 6) is -0.874. The third-order valence-electron chi connectivity index (χ3n) is 15.1. The normalized spacial score (nSPS) is 12.7. The van der Waals surface area contributed by atoms with Crippen molar-refractivity contribution in [1.29, 1.82) is 0 Å². The number of esters is 3. The first-order valence-electron chi connectivity index (χ1n) is 34.7. The number of carbonyl (C=O) groups excluding carboxylic acids is 3. The van der Waals surface area contributed by atoms with Crippen molar-refractivity contribution in [1.82, 2.24) is 0 Å². The smallest absolute Gasteiger partial charge is 0.306 e. The summed E-state index contributed by atoms with van der Waals surface area (Å²) in [6.07, 6.45) is 93.0. The number of hydrogen-bond acceptors (Lipinski definition) is 6. The van der Waals surface area contributed by atoms with E-state index >= 15 is 0 Å². The highest BCUT2D eigenvalue weighted by molar-refractivity contribution is 5.71. The van der Waals surface area contributed by atoms with E-state index in [1.54, 1.807) is 0 Å². The molecule has 0 aliphatic heterocycles. The molecule has 0 aromatic heterocycles. The van der Waals surface area contributed by atoms with Crippen molar-refractivity contribution in [2.75, 3.05) is 13.2 Å². The molecule has 0 N–H and O–H groups in total. The Hall–Kier alpha value is -3.67. The second-order valence-electron chi connectivity index (χ2n) is 23.1. The molecule has 0 saturated carbocycles. The van der Waals surface area contributed by atoms with Gasteiger partial charge in [0.15, 0.2) is 6.10 Å². The van der Waals surface area contributed by atoms with Crippen LogP contribution in [0.5, 0.6) is 0 Å². The van der Waals surface area contributed by atoms with Gasteiger partial charge in [-0.15, -0.1) is 0 Å². The zero-order valence-corrected chi connectivity index (χ0v) is 53.5. The largest absolute Gasteiger partial charge is 0.462 e. The Morgan fingerprint density at radius 3 is 0.753 bits per heavy atom. The summed E-state index contributed by atoms with van der Waals surface area (Å²) in [5.41, 5.74) is 0. The second kappa shape index (κ2) is 68.8. The lowest BCUT2D eigenvalue weighted by Crippen LogP contribution is -2.30. The first-order valence-corrected chi connectivity index (χ1v) is 34.7. The van der Waals surface area contributed by atoms with Crippen LogP contribution in [-0.4, -0.2) is 37.2 Å². The highest BCUT2D eigenvalue weighted by Gasteiger charge is 2.19. The van der Waals surface area contributed by atoms with Crippen molar-refractivity contribution in [2.45, 2.75) is 348 Å². The Labute approximate surface area is 502 Å². The highest BCUT2D eigenvalue weighted by Crippen LogP contribution is 2.17. The molecule has 0 heterocycles. The van der Waals surface area contributed by atoms with Crippen molar-refractivity contribution in [2.24, 2.45) is 0 Å². The van der Waals surface area contributed by atoms with Crippen LogP contribution < -0.4 is 0 Å². The van der Waals surface area contributed by atoms with Crippen LogP contribution in [0.3, 0.4) is 0 Å². The number of carbonyl (C=O) groups is 3. The topological polar surface area (TPSA) is 78.9 Å². The van der Waals surface area contributed by atoms with E-state index in [1.807, 2.05) is 0 Å². The van der Waals surface area contributed by atoms with Gasteiger partial charge in [-0.3, -0.25) is 14.4 Å². The van der Waals surface area contributed by atoms with Crippen LogP contribution in [0.15, 0.2) is 97.2 Å². The van der Waals surface area contributed by atoms with E-state index < -0.39 is 6.10 Å².